The Morgan fingerprint density at radius 1 is 0.838 bits per heavy atom. The van der Waals surface area contributed by atoms with Crippen molar-refractivity contribution in [2.45, 2.75) is 44.3 Å². The molecule has 2 amide bonds. The van der Waals surface area contributed by atoms with Crippen molar-refractivity contribution in [2.24, 2.45) is 0 Å². The molecule has 196 valence electrons. The SMILES string of the molecule is CC(C)NC(=O)[C@H](C)N(Cc1ccc(F)cc1)C(=O)CN(c1ccccc1)S(=O)(=O)c1ccc(F)cc1. The lowest BCUT2D eigenvalue weighted by Gasteiger charge is -2.32. The van der Waals surface area contributed by atoms with Crippen molar-refractivity contribution in [2.75, 3.05) is 10.8 Å². The third-order valence-electron chi connectivity index (χ3n) is 5.59. The Hall–Kier alpha value is -3.79. The molecule has 0 bridgehead atoms. The van der Waals surface area contributed by atoms with Crippen molar-refractivity contribution in [3.05, 3.63) is 96.1 Å². The van der Waals surface area contributed by atoms with Gasteiger partial charge in [0.25, 0.3) is 10.0 Å². The lowest BCUT2D eigenvalue weighted by atomic mass is 10.1. The van der Waals surface area contributed by atoms with E-state index in [0.717, 1.165) is 28.6 Å². The Bertz CT molecular complexity index is 1320. The molecule has 37 heavy (non-hydrogen) atoms. The average Bonchev–Trinajstić information content (AvgIpc) is 2.86. The smallest absolute Gasteiger partial charge is 0.264 e. The van der Waals surface area contributed by atoms with E-state index in [1.807, 2.05) is 0 Å². The predicted octanol–water partition coefficient (Wildman–Crippen LogP) is 4.10. The minimum Gasteiger partial charge on any atom is -0.352 e. The third kappa shape index (κ3) is 7.13. The molecule has 3 aromatic carbocycles. The van der Waals surface area contributed by atoms with Crippen LogP contribution in [0.2, 0.25) is 0 Å². The first-order valence-corrected chi connectivity index (χ1v) is 13.1. The number of carbonyl (C=O) groups excluding carboxylic acids is 2. The van der Waals surface area contributed by atoms with E-state index >= 15 is 0 Å². The van der Waals surface area contributed by atoms with Gasteiger partial charge in [0, 0.05) is 12.6 Å². The number of nitrogens with one attached hydrogen (secondary N) is 1. The number of anilines is 1. The van der Waals surface area contributed by atoms with Gasteiger partial charge < -0.3 is 10.2 Å². The number of hydrogen-bond acceptors (Lipinski definition) is 4. The summed E-state index contributed by atoms with van der Waals surface area (Å²) in [6.45, 7) is 4.43. The van der Waals surface area contributed by atoms with Gasteiger partial charge in [0.1, 0.15) is 24.2 Å². The first-order chi connectivity index (χ1) is 17.5. The molecule has 0 radical (unpaired) electrons. The molecule has 0 spiro atoms. The van der Waals surface area contributed by atoms with Crippen molar-refractivity contribution in [3.63, 3.8) is 0 Å². The van der Waals surface area contributed by atoms with Gasteiger partial charge in [-0.1, -0.05) is 30.3 Å². The van der Waals surface area contributed by atoms with Gasteiger partial charge in [-0.05, 0) is 74.9 Å². The number of sulfonamides is 1. The summed E-state index contributed by atoms with van der Waals surface area (Å²) < 4.78 is 55.0. The Kier molecular flexibility index (Phi) is 8.99. The number of para-hydroxylation sites is 1. The highest BCUT2D eigenvalue weighted by Crippen LogP contribution is 2.24. The van der Waals surface area contributed by atoms with E-state index in [1.54, 1.807) is 39.0 Å². The number of halogens is 2. The molecule has 10 heteroatoms. The summed E-state index contributed by atoms with van der Waals surface area (Å²) in [4.78, 5) is 27.5. The lowest BCUT2D eigenvalue weighted by Crippen LogP contribution is -2.52. The van der Waals surface area contributed by atoms with Gasteiger partial charge >= 0.3 is 0 Å². The molecule has 0 saturated heterocycles. The highest BCUT2D eigenvalue weighted by molar-refractivity contribution is 7.92. The van der Waals surface area contributed by atoms with Gasteiger partial charge in [0.05, 0.1) is 10.6 Å². The maximum atomic E-state index is 13.7. The molecule has 3 aromatic rings. The minimum atomic E-state index is -4.27. The van der Waals surface area contributed by atoms with Crippen LogP contribution in [0.1, 0.15) is 26.3 Å². The maximum Gasteiger partial charge on any atom is 0.264 e. The number of benzene rings is 3. The second kappa shape index (κ2) is 12.0. The summed E-state index contributed by atoms with van der Waals surface area (Å²) in [6.07, 6.45) is 0. The van der Waals surface area contributed by atoms with Gasteiger partial charge in [-0.2, -0.15) is 0 Å². The van der Waals surface area contributed by atoms with Gasteiger partial charge in [-0.15, -0.1) is 0 Å². The lowest BCUT2D eigenvalue weighted by molar-refractivity contribution is -0.139. The van der Waals surface area contributed by atoms with Crippen molar-refractivity contribution in [1.82, 2.24) is 10.2 Å². The summed E-state index contributed by atoms with van der Waals surface area (Å²) in [7, 11) is -4.27. The number of amides is 2. The van der Waals surface area contributed by atoms with Crippen molar-refractivity contribution in [1.29, 1.82) is 0 Å². The average molecular weight is 530 g/mol. The van der Waals surface area contributed by atoms with E-state index in [9.17, 15) is 26.8 Å². The number of carbonyl (C=O) groups is 2. The van der Waals surface area contributed by atoms with Crippen LogP contribution in [0.4, 0.5) is 14.5 Å². The topological polar surface area (TPSA) is 86.8 Å². The summed E-state index contributed by atoms with van der Waals surface area (Å²) in [5.74, 6) is -2.12. The molecule has 0 aromatic heterocycles. The van der Waals surface area contributed by atoms with Crippen LogP contribution in [0.3, 0.4) is 0 Å². The van der Waals surface area contributed by atoms with Crippen LogP contribution in [-0.4, -0.2) is 43.8 Å². The molecular formula is C27H29F2N3O4S. The van der Waals surface area contributed by atoms with Crippen LogP contribution in [-0.2, 0) is 26.2 Å². The molecule has 0 aliphatic heterocycles. The Morgan fingerprint density at radius 3 is 1.92 bits per heavy atom. The normalized spacial score (nSPS) is 12.2. The standard InChI is InChI=1S/C27H29F2N3O4S/c1-19(2)30-27(34)20(3)31(17-21-9-11-22(28)12-10-21)26(33)18-32(24-7-5-4-6-8-24)37(35,36)25-15-13-23(29)14-16-25/h4-16,19-20H,17-18H2,1-3H3,(H,30,34)/t20-/m0/s1. The molecule has 0 aliphatic rings. The van der Waals surface area contributed by atoms with Crippen LogP contribution in [0, 0.1) is 11.6 Å². The molecule has 0 saturated carbocycles. The van der Waals surface area contributed by atoms with E-state index in [0.29, 0.717) is 5.56 Å². The molecule has 7 nitrogen and oxygen atoms in total. The van der Waals surface area contributed by atoms with E-state index in [2.05, 4.69) is 5.32 Å². The summed E-state index contributed by atoms with van der Waals surface area (Å²) in [5, 5.41) is 2.76. The van der Waals surface area contributed by atoms with Gasteiger partial charge in [0.15, 0.2) is 0 Å². The first-order valence-electron chi connectivity index (χ1n) is 11.7. The molecule has 0 fully saturated rings. The highest BCUT2D eigenvalue weighted by atomic mass is 32.2. The van der Waals surface area contributed by atoms with Gasteiger partial charge in [0.2, 0.25) is 11.8 Å². The highest BCUT2D eigenvalue weighted by Gasteiger charge is 2.32. The number of nitrogens with zero attached hydrogens (tertiary/aromatic N) is 2. The second-order valence-electron chi connectivity index (χ2n) is 8.79. The van der Waals surface area contributed by atoms with Crippen LogP contribution in [0.25, 0.3) is 0 Å². The zero-order valence-electron chi connectivity index (χ0n) is 20.8. The zero-order chi connectivity index (χ0) is 27.2. The van der Waals surface area contributed by atoms with E-state index in [-0.39, 0.29) is 23.2 Å². The molecular weight excluding hydrogens is 500 g/mol. The third-order valence-corrected chi connectivity index (χ3v) is 7.38. The van der Waals surface area contributed by atoms with E-state index < -0.39 is 46.1 Å². The van der Waals surface area contributed by atoms with Gasteiger partial charge in [-0.3, -0.25) is 13.9 Å². The van der Waals surface area contributed by atoms with Crippen molar-refractivity contribution in [3.8, 4) is 0 Å². The van der Waals surface area contributed by atoms with Crippen LogP contribution >= 0.6 is 0 Å². The maximum absolute atomic E-state index is 13.7. The van der Waals surface area contributed by atoms with E-state index in [1.165, 1.54) is 41.3 Å². The molecule has 0 aliphatic carbocycles. The summed E-state index contributed by atoms with van der Waals surface area (Å²) >= 11 is 0. The number of hydrogen-bond donors (Lipinski definition) is 1. The largest absolute Gasteiger partial charge is 0.352 e. The van der Waals surface area contributed by atoms with Crippen LogP contribution < -0.4 is 9.62 Å². The predicted molar refractivity (Wildman–Crippen MR) is 137 cm³/mol. The number of rotatable bonds is 10. The molecule has 0 unspecified atom stereocenters. The fraction of sp³-hybridized carbons (Fsp3) is 0.259. The fourth-order valence-corrected chi connectivity index (χ4v) is 5.05. The molecule has 1 atom stereocenters. The molecule has 0 heterocycles. The minimum absolute atomic E-state index is 0.0506. The van der Waals surface area contributed by atoms with Crippen LogP contribution in [0.5, 0.6) is 0 Å². The van der Waals surface area contributed by atoms with Gasteiger partial charge in [-0.25, -0.2) is 17.2 Å². The Balaban J connectivity index is 1.99. The molecule has 3 rings (SSSR count). The molecule has 1 N–H and O–H groups in total. The van der Waals surface area contributed by atoms with Crippen molar-refractivity contribution < 1.29 is 26.8 Å². The fourth-order valence-electron chi connectivity index (χ4n) is 3.63. The zero-order valence-corrected chi connectivity index (χ0v) is 21.6. The van der Waals surface area contributed by atoms with Crippen LogP contribution in [0.15, 0.2) is 83.8 Å². The summed E-state index contributed by atoms with van der Waals surface area (Å²) in [6, 6.07) is 16.7. The quantitative estimate of drug-likeness (QED) is 0.429. The monoisotopic (exact) mass is 529 g/mol. The Labute approximate surface area is 215 Å². The summed E-state index contributed by atoms with van der Waals surface area (Å²) in [5.41, 5.74) is 0.785. The first kappa shape index (κ1) is 27.8. The van der Waals surface area contributed by atoms with Crippen molar-refractivity contribution >= 4 is 27.5 Å². The second-order valence-corrected chi connectivity index (χ2v) is 10.7. The van der Waals surface area contributed by atoms with E-state index in [4.69, 9.17) is 0 Å². The Morgan fingerprint density at radius 2 is 1.38 bits per heavy atom.